The second-order valence-corrected chi connectivity index (χ2v) is 4.01. The molecule has 0 aliphatic heterocycles. The SMILES string of the molecule is COCCNC(=S)N(C)CCSC. The average Bonchev–Trinajstić information content (AvgIpc) is 2.14. The summed E-state index contributed by atoms with van der Waals surface area (Å²) in [5.74, 6) is 1.10. The predicted molar refractivity (Wildman–Crippen MR) is 63.5 cm³/mol. The molecule has 0 aliphatic rings. The van der Waals surface area contributed by atoms with Gasteiger partial charge in [0.1, 0.15) is 0 Å². The molecule has 0 aromatic carbocycles. The largest absolute Gasteiger partial charge is 0.383 e. The molecule has 1 N–H and O–H groups in total. The maximum atomic E-state index is 5.15. The molecule has 5 heteroatoms. The Balaban J connectivity index is 3.45. The van der Waals surface area contributed by atoms with Crippen molar-refractivity contribution in [2.75, 3.05) is 45.9 Å². The maximum absolute atomic E-state index is 5.15. The molecular formula is C8H18N2OS2. The number of methoxy groups -OCH3 is 1. The lowest BCUT2D eigenvalue weighted by Gasteiger charge is -2.20. The first-order valence-corrected chi connectivity index (χ1v) is 5.99. The van der Waals surface area contributed by atoms with Crippen LogP contribution in [0.3, 0.4) is 0 Å². The lowest BCUT2D eigenvalue weighted by molar-refractivity contribution is 0.203. The van der Waals surface area contributed by atoms with Crippen LogP contribution in [0.15, 0.2) is 0 Å². The van der Waals surface area contributed by atoms with Crippen LogP contribution in [-0.4, -0.2) is 55.9 Å². The molecule has 0 bridgehead atoms. The van der Waals surface area contributed by atoms with Crippen molar-refractivity contribution < 1.29 is 4.74 Å². The molecule has 0 aromatic rings. The van der Waals surface area contributed by atoms with Gasteiger partial charge in [-0.1, -0.05) is 0 Å². The van der Waals surface area contributed by atoms with Crippen LogP contribution < -0.4 is 5.32 Å². The topological polar surface area (TPSA) is 24.5 Å². The zero-order valence-corrected chi connectivity index (χ0v) is 10.1. The molecule has 0 rings (SSSR count). The van der Waals surface area contributed by atoms with Gasteiger partial charge < -0.3 is 15.0 Å². The lowest BCUT2D eigenvalue weighted by atomic mass is 10.6. The molecule has 0 unspecified atom stereocenters. The van der Waals surface area contributed by atoms with Crippen LogP contribution in [0, 0.1) is 0 Å². The van der Waals surface area contributed by atoms with Crippen molar-refractivity contribution in [3.8, 4) is 0 Å². The normalized spacial score (nSPS) is 9.77. The van der Waals surface area contributed by atoms with E-state index in [0.717, 1.165) is 24.0 Å². The smallest absolute Gasteiger partial charge is 0.168 e. The number of nitrogens with zero attached hydrogens (tertiary/aromatic N) is 1. The molecule has 78 valence electrons. The summed E-state index contributed by atoms with van der Waals surface area (Å²) in [6, 6.07) is 0. The molecule has 0 atom stereocenters. The number of hydrogen-bond donors (Lipinski definition) is 1. The lowest BCUT2D eigenvalue weighted by Crippen LogP contribution is -2.39. The van der Waals surface area contributed by atoms with Gasteiger partial charge in [-0.2, -0.15) is 11.8 Å². The van der Waals surface area contributed by atoms with E-state index in [-0.39, 0.29) is 0 Å². The molecule has 0 amide bonds. The van der Waals surface area contributed by atoms with Crippen molar-refractivity contribution in [2.45, 2.75) is 0 Å². The van der Waals surface area contributed by atoms with E-state index in [4.69, 9.17) is 17.0 Å². The summed E-state index contributed by atoms with van der Waals surface area (Å²) in [4.78, 5) is 2.04. The summed E-state index contributed by atoms with van der Waals surface area (Å²) in [5.41, 5.74) is 0. The fraction of sp³-hybridized carbons (Fsp3) is 0.875. The molecule has 0 fully saturated rings. The fourth-order valence-electron chi connectivity index (χ4n) is 0.725. The molecule has 0 aliphatic carbocycles. The molecule has 0 spiro atoms. The van der Waals surface area contributed by atoms with Gasteiger partial charge in [0.05, 0.1) is 6.61 Å². The minimum absolute atomic E-state index is 0.691. The highest BCUT2D eigenvalue weighted by Crippen LogP contribution is 1.93. The second kappa shape index (κ2) is 8.59. The van der Waals surface area contributed by atoms with Crippen LogP contribution >= 0.6 is 24.0 Å². The standard InChI is InChI=1S/C8H18N2OS2/c1-10(5-7-13-3)8(12)9-4-6-11-2/h4-7H2,1-3H3,(H,9,12). The van der Waals surface area contributed by atoms with Crippen molar-refractivity contribution in [2.24, 2.45) is 0 Å². The molecule has 0 saturated carbocycles. The van der Waals surface area contributed by atoms with Crippen LogP contribution in [0.1, 0.15) is 0 Å². The van der Waals surface area contributed by atoms with E-state index in [0.29, 0.717) is 6.61 Å². The van der Waals surface area contributed by atoms with Crippen molar-refractivity contribution in [1.82, 2.24) is 10.2 Å². The van der Waals surface area contributed by atoms with E-state index < -0.39 is 0 Å². The van der Waals surface area contributed by atoms with E-state index >= 15 is 0 Å². The Hall–Kier alpha value is 0. The third-order valence-corrected chi connectivity index (χ3v) is 2.61. The quantitative estimate of drug-likeness (QED) is 0.529. The number of thiocarbonyl (C=S) groups is 1. The number of rotatable bonds is 6. The highest BCUT2D eigenvalue weighted by Gasteiger charge is 2.01. The first-order valence-electron chi connectivity index (χ1n) is 4.19. The minimum atomic E-state index is 0.691. The summed E-state index contributed by atoms with van der Waals surface area (Å²) in [6.45, 7) is 2.45. The van der Waals surface area contributed by atoms with E-state index in [1.165, 1.54) is 0 Å². The van der Waals surface area contributed by atoms with E-state index in [2.05, 4.69) is 11.6 Å². The van der Waals surface area contributed by atoms with Gasteiger partial charge in [-0.05, 0) is 18.5 Å². The van der Waals surface area contributed by atoms with E-state index in [1.807, 2.05) is 23.7 Å². The Labute approximate surface area is 90.2 Å². The first kappa shape index (κ1) is 13.0. The van der Waals surface area contributed by atoms with Gasteiger partial charge in [-0.15, -0.1) is 0 Å². The molecule has 3 nitrogen and oxygen atoms in total. The van der Waals surface area contributed by atoms with E-state index in [9.17, 15) is 0 Å². The molecule has 13 heavy (non-hydrogen) atoms. The number of nitrogens with one attached hydrogen (secondary N) is 1. The van der Waals surface area contributed by atoms with Crippen molar-refractivity contribution >= 4 is 29.1 Å². The third-order valence-electron chi connectivity index (χ3n) is 1.56. The first-order chi connectivity index (χ1) is 6.22. The molecule has 0 saturated heterocycles. The second-order valence-electron chi connectivity index (χ2n) is 2.64. The molecule has 0 heterocycles. The highest BCUT2D eigenvalue weighted by molar-refractivity contribution is 7.98. The maximum Gasteiger partial charge on any atom is 0.168 e. The van der Waals surface area contributed by atoms with Crippen molar-refractivity contribution in [1.29, 1.82) is 0 Å². The Kier molecular flexibility index (Phi) is 8.59. The molecule has 0 radical (unpaired) electrons. The van der Waals surface area contributed by atoms with Crippen LogP contribution in [0.4, 0.5) is 0 Å². The summed E-state index contributed by atoms with van der Waals surface area (Å²) < 4.78 is 4.91. The fourth-order valence-corrected chi connectivity index (χ4v) is 1.37. The van der Waals surface area contributed by atoms with Crippen LogP contribution in [0.25, 0.3) is 0 Å². The van der Waals surface area contributed by atoms with Crippen molar-refractivity contribution in [3.05, 3.63) is 0 Å². The molecule has 0 aromatic heterocycles. The average molecular weight is 222 g/mol. The summed E-state index contributed by atoms with van der Waals surface area (Å²) in [6.07, 6.45) is 2.09. The number of hydrogen-bond acceptors (Lipinski definition) is 3. The predicted octanol–water partition coefficient (Wildman–Crippen LogP) is 0.802. The van der Waals surface area contributed by atoms with Gasteiger partial charge in [0.25, 0.3) is 0 Å². The van der Waals surface area contributed by atoms with Gasteiger partial charge in [0.15, 0.2) is 5.11 Å². The number of ether oxygens (including phenoxy) is 1. The monoisotopic (exact) mass is 222 g/mol. The number of thioether (sulfide) groups is 1. The van der Waals surface area contributed by atoms with Gasteiger partial charge in [-0.3, -0.25) is 0 Å². The van der Waals surface area contributed by atoms with Crippen LogP contribution in [-0.2, 0) is 4.74 Å². The third kappa shape index (κ3) is 7.10. The van der Waals surface area contributed by atoms with Crippen LogP contribution in [0.2, 0.25) is 0 Å². The Bertz CT molecular complexity index is 144. The summed E-state index contributed by atoms with van der Waals surface area (Å²) >= 11 is 6.98. The summed E-state index contributed by atoms with van der Waals surface area (Å²) in [5, 5.41) is 3.91. The highest BCUT2D eigenvalue weighted by atomic mass is 32.2. The van der Waals surface area contributed by atoms with Gasteiger partial charge >= 0.3 is 0 Å². The Morgan fingerprint density at radius 1 is 1.62 bits per heavy atom. The van der Waals surface area contributed by atoms with E-state index in [1.54, 1.807) is 7.11 Å². The van der Waals surface area contributed by atoms with Crippen molar-refractivity contribution in [3.63, 3.8) is 0 Å². The molecular weight excluding hydrogens is 204 g/mol. The van der Waals surface area contributed by atoms with Gasteiger partial charge in [0, 0.05) is 33.0 Å². The zero-order valence-electron chi connectivity index (χ0n) is 8.50. The zero-order chi connectivity index (χ0) is 10.1. The summed E-state index contributed by atoms with van der Waals surface area (Å²) in [7, 11) is 3.68. The Morgan fingerprint density at radius 3 is 2.85 bits per heavy atom. The van der Waals surface area contributed by atoms with Crippen LogP contribution in [0.5, 0.6) is 0 Å². The van der Waals surface area contributed by atoms with Gasteiger partial charge in [0.2, 0.25) is 0 Å². The van der Waals surface area contributed by atoms with Gasteiger partial charge in [-0.25, -0.2) is 0 Å². The minimum Gasteiger partial charge on any atom is -0.383 e. The Morgan fingerprint density at radius 2 is 2.31 bits per heavy atom.